The van der Waals surface area contributed by atoms with Gasteiger partial charge >= 0.3 is 0 Å². The summed E-state index contributed by atoms with van der Waals surface area (Å²) in [7, 11) is -2.98. The molecule has 2 aliphatic rings. The Morgan fingerprint density at radius 3 is 2.39 bits per heavy atom. The number of amides is 1. The smallest absolute Gasteiger partial charge is 0.221 e. The van der Waals surface area contributed by atoms with Crippen molar-refractivity contribution < 1.29 is 22.0 Å². The molecule has 11 heteroatoms. The van der Waals surface area contributed by atoms with E-state index in [-0.39, 0.29) is 23.8 Å². The largest absolute Gasteiger partial charge is 0.369 e. The van der Waals surface area contributed by atoms with Crippen molar-refractivity contribution in [3.05, 3.63) is 54.2 Å². The number of carbonyl (C=O) groups is 1. The molecule has 5 rings (SSSR count). The summed E-state index contributed by atoms with van der Waals surface area (Å²) in [5.74, 6) is -1.85. The monoisotopic (exact) mass is 532 g/mol. The van der Waals surface area contributed by atoms with Crippen molar-refractivity contribution in [2.45, 2.75) is 31.4 Å². The third kappa shape index (κ3) is 5.12. The highest BCUT2D eigenvalue weighted by Gasteiger charge is 2.38. The van der Waals surface area contributed by atoms with Gasteiger partial charge < -0.3 is 10.6 Å². The second-order valence-electron chi connectivity index (χ2n) is 9.31. The summed E-state index contributed by atoms with van der Waals surface area (Å²) in [6.45, 7) is 0.893. The average molecular weight is 533 g/mol. The van der Waals surface area contributed by atoms with E-state index in [1.165, 1.54) is 23.6 Å². The molecular weight excluding hydrogens is 506 g/mol. The van der Waals surface area contributed by atoms with Crippen LogP contribution < -0.4 is 10.6 Å². The number of benzene rings is 1. The number of halogens is 2. The third-order valence-corrected chi connectivity index (χ3v) is 9.75. The summed E-state index contributed by atoms with van der Waals surface area (Å²) in [4.78, 5) is 23.7. The molecule has 1 aliphatic heterocycles. The lowest BCUT2D eigenvalue weighted by Gasteiger charge is -2.31. The summed E-state index contributed by atoms with van der Waals surface area (Å²) in [6.07, 6.45) is 1.19. The molecule has 1 saturated carbocycles. The van der Waals surface area contributed by atoms with Gasteiger partial charge in [-0.1, -0.05) is 12.1 Å². The molecule has 2 fully saturated rings. The molecule has 0 spiro atoms. The van der Waals surface area contributed by atoms with Gasteiger partial charge in [-0.2, -0.15) is 4.39 Å². The summed E-state index contributed by atoms with van der Waals surface area (Å²) < 4.78 is 51.1. The normalized spacial score (nSPS) is 23.9. The number of hydrogen-bond acceptors (Lipinski definition) is 7. The van der Waals surface area contributed by atoms with Crippen LogP contribution in [0.1, 0.15) is 30.9 Å². The second kappa shape index (κ2) is 9.85. The molecule has 2 aromatic heterocycles. The molecule has 7 nitrogen and oxygen atoms in total. The minimum absolute atomic E-state index is 0.0706. The number of carbonyl (C=O) groups excluding carboxylic acids is 1. The van der Waals surface area contributed by atoms with Gasteiger partial charge in [0, 0.05) is 42.4 Å². The number of nitrogens with two attached hydrogens (primary N) is 1. The highest BCUT2D eigenvalue weighted by molar-refractivity contribution is 7.91. The number of hydrogen-bond donors (Lipinski definition) is 1. The van der Waals surface area contributed by atoms with Gasteiger partial charge in [-0.15, -0.1) is 11.3 Å². The predicted octanol–water partition coefficient (Wildman–Crippen LogP) is 3.95. The Bertz CT molecular complexity index is 1350. The van der Waals surface area contributed by atoms with Crippen LogP contribution in [0.2, 0.25) is 0 Å². The molecule has 2 N–H and O–H groups in total. The zero-order valence-corrected chi connectivity index (χ0v) is 21.1. The molecule has 3 heterocycles. The number of thiazole rings is 1. The van der Waals surface area contributed by atoms with E-state index in [4.69, 9.17) is 10.7 Å². The number of rotatable bonds is 5. The SMILES string of the molecule is NC(=O)[C@@H]1C[C@@H](F)CC[C@H]1c1nc(-c2ccc(F)nc2)sc1-c1ccc(N2CCS(=O)(=O)CC2)cc1. The van der Waals surface area contributed by atoms with Crippen LogP contribution in [-0.4, -0.2) is 55.1 Å². The molecule has 1 aliphatic carbocycles. The van der Waals surface area contributed by atoms with Crippen LogP contribution in [0.4, 0.5) is 14.5 Å². The Morgan fingerprint density at radius 1 is 1.06 bits per heavy atom. The minimum atomic E-state index is -2.98. The van der Waals surface area contributed by atoms with Gasteiger partial charge in [-0.3, -0.25) is 4.79 Å². The lowest BCUT2D eigenvalue weighted by atomic mass is 9.75. The molecule has 1 aromatic carbocycles. The van der Waals surface area contributed by atoms with E-state index in [1.807, 2.05) is 29.2 Å². The zero-order valence-electron chi connectivity index (χ0n) is 19.4. The molecular formula is C25H26F2N4O3S2. The number of pyridine rings is 1. The second-order valence-corrected chi connectivity index (χ2v) is 12.6. The van der Waals surface area contributed by atoms with E-state index >= 15 is 0 Å². The van der Waals surface area contributed by atoms with Gasteiger partial charge in [0.2, 0.25) is 11.9 Å². The Balaban J connectivity index is 1.52. The zero-order chi connectivity index (χ0) is 25.4. The van der Waals surface area contributed by atoms with Gasteiger partial charge in [0.1, 0.15) is 11.2 Å². The Hall–Kier alpha value is -2.92. The van der Waals surface area contributed by atoms with E-state index in [2.05, 4.69) is 4.98 Å². The molecule has 3 aromatic rings. The highest BCUT2D eigenvalue weighted by Crippen LogP contribution is 2.46. The fourth-order valence-corrected chi connectivity index (χ4v) is 7.30. The number of aromatic nitrogens is 2. The molecule has 0 unspecified atom stereocenters. The maximum absolute atomic E-state index is 14.2. The summed E-state index contributed by atoms with van der Waals surface area (Å²) in [5, 5.41) is 0.628. The Kier molecular flexibility index (Phi) is 6.78. The first-order valence-corrected chi connectivity index (χ1v) is 14.5. The number of nitrogens with zero attached hydrogens (tertiary/aromatic N) is 3. The summed E-state index contributed by atoms with van der Waals surface area (Å²) in [5.41, 5.74) is 8.81. The van der Waals surface area contributed by atoms with Crippen LogP contribution in [-0.2, 0) is 14.6 Å². The average Bonchev–Trinajstić information content (AvgIpc) is 3.30. The quantitative estimate of drug-likeness (QED) is 0.499. The fourth-order valence-electron chi connectivity index (χ4n) is 4.97. The third-order valence-electron chi connectivity index (χ3n) is 6.97. The van der Waals surface area contributed by atoms with Crippen molar-refractivity contribution in [2.75, 3.05) is 29.5 Å². The van der Waals surface area contributed by atoms with Crippen LogP contribution >= 0.6 is 11.3 Å². The summed E-state index contributed by atoms with van der Waals surface area (Å²) in [6, 6.07) is 10.7. The highest BCUT2D eigenvalue weighted by atomic mass is 32.2. The van der Waals surface area contributed by atoms with Gasteiger partial charge in [-0.05, 0) is 49.1 Å². The minimum Gasteiger partial charge on any atom is -0.369 e. The maximum Gasteiger partial charge on any atom is 0.221 e. The maximum atomic E-state index is 14.2. The number of primary amides is 1. The van der Waals surface area contributed by atoms with Crippen LogP contribution in [0, 0.1) is 11.9 Å². The molecule has 36 heavy (non-hydrogen) atoms. The number of sulfone groups is 1. The van der Waals surface area contributed by atoms with Crippen molar-refractivity contribution in [1.29, 1.82) is 0 Å². The first kappa shape index (κ1) is 24.8. The van der Waals surface area contributed by atoms with Crippen molar-refractivity contribution in [2.24, 2.45) is 11.7 Å². The van der Waals surface area contributed by atoms with Crippen molar-refractivity contribution in [3.8, 4) is 21.0 Å². The molecule has 0 bridgehead atoms. The van der Waals surface area contributed by atoms with E-state index in [0.29, 0.717) is 42.2 Å². The van der Waals surface area contributed by atoms with Gasteiger partial charge in [0.25, 0.3) is 0 Å². The van der Waals surface area contributed by atoms with Crippen LogP contribution in [0.3, 0.4) is 0 Å². The lowest BCUT2D eigenvalue weighted by molar-refractivity contribution is -0.124. The van der Waals surface area contributed by atoms with Crippen LogP contribution in [0.5, 0.6) is 0 Å². The predicted molar refractivity (Wildman–Crippen MR) is 136 cm³/mol. The fraction of sp³-hybridized carbons (Fsp3) is 0.400. The Labute approximate surface area is 212 Å². The number of alkyl halides is 1. The van der Waals surface area contributed by atoms with E-state index in [0.717, 1.165) is 16.1 Å². The first-order valence-electron chi connectivity index (χ1n) is 11.8. The Morgan fingerprint density at radius 2 is 1.75 bits per heavy atom. The van der Waals surface area contributed by atoms with Crippen molar-refractivity contribution in [1.82, 2.24) is 9.97 Å². The summed E-state index contributed by atoms with van der Waals surface area (Å²) >= 11 is 1.41. The molecule has 3 atom stereocenters. The first-order chi connectivity index (χ1) is 17.2. The van der Waals surface area contributed by atoms with Crippen molar-refractivity contribution in [3.63, 3.8) is 0 Å². The topological polar surface area (TPSA) is 106 Å². The molecule has 1 saturated heterocycles. The molecule has 190 valence electrons. The lowest BCUT2D eigenvalue weighted by Crippen LogP contribution is -2.40. The molecule has 0 radical (unpaired) electrons. The number of anilines is 1. The van der Waals surface area contributed by atoms with E-state index in [9.17, 15) is 22.0 Å². The van der Waals surface area contributed by atoms with Crippen LogP contribution in [0.25, 0.3) is 21.0 Å². The van der Waals surface area contributed by atoms with E-state index in [1.54, 1.807) is 6.07 Å². The van der Waals surface area contributed by atoms with Gasteiger partial charge in [0.05, 0.1) is 22.1 Å². The standard InChI is InChI=1S/C25H26F2N4O3S2/c26-17-4-7-19(20(13-17)24(28)32)22-23(35-25(30-22)16-3-8-21(27)29-14-16)15-1-5-18(6-2-15)31-9-11-36(33,34)12-10-31/h1-3,5-6,8,14,17,19-20H,4,7,9-13H2,(H2,28,32)/t17-,19+,20+/m0/s1. The van der Waals surface area contributed by atoms with Gasteiger partial charge in [-0.25, -0.2) is 22.8 Å². The van der Waals surface area contributed by atoms with E-state index < -0.39 is 33.8 Å². The van der Waals surface area contributed by atoms with Crippen LogP contribution in [0.15, 0.2) is 42.6 Å². The van der Waals surface area contributed by atoms with Crippen molar-refractivity contribution >= 4 is 32.8 Å². The van der Waals surface area contributed by atoms with Gasteiger partial charge in [0.15, 0.2) is 9.84 Å². The molecule has 1 amide bonds.